The largest absolute Gasteiger partial charge is 0.491 e. The fourth-order valence-electron chi connectivity index (χ4n) is 1.75. The second-order valence-electron chi connectivity index (χ2n) is 4.87. The van der Waals surface area contributed by atoms with Crippen LogP contribution in [-0.4, -0.2) is 23.5 Å². The van der Waals surface area contributed by atoms with Crippen LogP contribution in [0.15, 0.2) is 42.6 Å². The maximum atomic E-state index is 13.0. The monoisotopic (exact) mass is 288 g/mol. The molecule has 1 amide bonds. The number of benzene rings is 1. The summed E-state index contributed by atoms with van der Waals surface area (Å²) in [6.07, 6.45) is 1.26. The smallest absolute Gasteiger partial charge is 0.251 e. The standard InChI is InChI=1S/C16H17FN2O2/c1-11-3-5-14(6-4-11)21-10-12(2)19-16(20)13-7-8-18-15(17)9-13/h3-9,12H,10H2,1-2H3,(H,19,20). The average molecular weight is 288 g/mol. The molecule has 0 aliphatic carbocycles. The molecule has 1 N–H and O–H groups in total. The first kappa shape index (κ1) is 15.0. The van der Waals surface area contributed by atoms with Gasteiger partial charge in [-0.05, 0) is 32.0 Å². The fourth-order valence-corrected chi connectivity index (χ4v) is 1.75. The van der Waals surface area contributed by atoms with Crippen LogP contribution in [0.3, 0.4) is 0 Å². The van der Waals surface area contributed by atoms with Gasteiger partial charge in [0.25, 0.3) is 5.91 Å². The average Bonchev–Trinajstić information content (AvgIpc) is 2.46. The van der Waals surface area contributed by atoms with E-state index in [0.29, 0.717) is 6.61 Å². The van der Waals surface area contributed by atoms with Crippen molar-refractivity contribution in [3.63, 3.8) is 0 Å². The Bertz CT molecular complexity index is 614. The molecule has 4 nitrogen and oxygen atoms in total. The highest BCUT2D eigenvalue weighted by Gasteiger charge is 2.11. The van der Waals surface area contributed by atoms with Crippen LogP contribution in [0.4, 0.5) is 4.39 Å². The van der Waals surface area contributed by atoms with Gasteiger partial charge < -0.3 is 10.1 Å². The van der Waals surface area contributed by atoms with Crippen LogP contribution >= 0.6 is 0 Å². The fraction of sp³-hybridized carbons (Fsp3) is 0.250. The van der Waals surface area contributed by atoms with Crippen LogP contribution in [0, 0.1) is 12.9 Å². The molecule has 2 rings (SSSR count). The molecule has 0 saturated heterocycles. The Labute approximate surface area is 123 Å². The van der Waals surface area contributed by atoms with Crippen LogP contribution in [-0.2, 0) is 0 Å². The summed E-state index contributed by atoms with van der Waals surface area (Å²) in [4.78, 5) is 15.3. The van der Waals surface area contributed by atoms with Crippen molar-refractivity contribution >= 4 is 5.91 Å². The number of pyridine rings is 1. The molecule has 5 heteroatoms. The number of halogens is 1. The van der Waals surface area contributed by atoms with E-state index in [-0.39, 0.29) is 17.5 Å². The third-order valence-electron chi connectivity index (χ3n) is 2.89. The Morgan fingerprint density at radius 1 is 1.33 bits per heavy atom. The lowest BCUT2D eigenvalue weighted by molar-refractivity contribution is 0.0926. The number of amides is 1. The zero-order valence-electron chi connectivity index (χ0n) is 12.0. The summed E-state index contributed by atoms with van der Waals surface area (Å²) in [7, 11) is 0. The summed E-state index contributed by atoms with van der Waals surface area (Å²) in [5, 5.41) is 2.75. The van der Waals surface area contributed by atoms with Gasteiger partial charge in [-0.2, -0.15) is 4.39 Å². The molecule has 0 aliphatic rings. The van der Waals surface area contributed by atoms with E-state index in [1.165, 1.54) is 12.3 Å². The van der Waals surface area contributed by atoms with Crippen molar-refractivity contribution in [3.8, 4) is 5.75 Å². The normalized spacial score (nSPS) is 11.8. The van der Waals surface area contributed by atoms with Gasteiger partial charge in [0, 0.05) is 17.8 Å². The van der Waals surface area contributed by atoms with Crippen LogP contribution < -0.4 is 10.1 Å². The summed E-state index contributed by atoms with van der Waals surface area (Å²) in [5.74, 6) is -0.279. The maximum absolute atomic E-state index is 13.0. The van der Waals surface area contributed by atoms with Gasteiger partial charge >= 0.3 is 0 Å². The predicted octanol–water partition coefficient (Wildman–Crippen LogP) is 2.73. The molecule has 0 fully saturated rings. The van der Waals surface area contributed by atoms with Crippen molar-refractivity contribution in [3.05, 3.63) is 59.7 Å². The number of aromatic nitrogens is 1. The molecule has 1 atom stereocenters. The van der Waals surface area contributed by atoms with Crippen molar-refractivity contribution in [2.45, 2.75) is 19.9 Å². The second-order valence-corrected chi connectivity index (χ2v) is 4.87. The number of hydrogen-bond donors (Lipinski definition) is 1. The molecule has 0 saturated carbocycles. The van der Waals surface area contributed by atoms with Crippen molar-refractivity contribution in [1.82, 2.24) is 10.3 Å². The molecule has 1 aromatic heterocycles. The van der Waals surface area contributed by atoms with E-state index in [2.05, 4.69) is 10.3 Å². The summed E-state index contributed by atoms with van der Waals surface area (Å²) < 4.78 is 18.5. The zero-order valence-corrected chi connectivity index (χ0v) is 12.0. The second kappa shape index (κ2) is 6.83. The topological polar surface area (TPSA) is 51.2 Å². The number of rotatable bonds is 5. The Kier molecular flexibility index (Phi) is 4.87. The molecule has 0 bridgehead atoms. The van der Waals surface area contributed by atoms with Gasteiger partial charge in [0.15, 0.2) is 0 Å². The maximum Gasteiger partial charge on any atom is 0.251 e. The van der Waals surface area contributed by atoms with Crippen LogP contribution in [0.5, 0.6) is 5.75 Å². The third kappa shape index (κ3) is 4.56. The molecular formula is C16H17FN2O2. The number of carbonyl (C=O) groups excluding carboxylic acids is 1. The number of aryl methyl sites for hydroxylation is 1. The zero-order chi connectivity index (χ0) is 15.2. The van der Waals surface area contributed by atoms with Crippen LogP contribution in [0.1, 0.15) is 22.8 Å². The van der Waals surface area contributed by atoms with E-state index < -0.39 is 5.95 Å². The minimum atomic E-state index is -0.675. The van der Waals surface area contributed by atoms with Gasteiger partial charge in [-0.1, -0.05) is 17.7 Å². The van der Waals surface area contributed by atoms with Gasteiger partial charge in [-0.3, -0.25) is 4.79 Å². The van der Waals surface area contributed by atoms with E-state index in [4.69, 9.17) is 4.74 Å². The lowest BCUT2D eigenvalue weighted by atomic mass is 10.2. The molecule has 0 spiro atoms. The SMILES string of the molecule is Cc1ccc(OCC(C)NC(=O)c2ccnc(F)c2)cc1. The minimum Gasteiger partial charge on any atom is -0.491 e. The van der Waals surface area contributed by atoms with Gasteiger partial charge in [-0.25, -0.2) is 4.98 Å². The predicted molar refractivity (Wildman–Crippen MR) is 77.8 cm³/mol. The van der Waals surface area contributed by atoms with E-state index in [1.807, 2.05) is 38.1 Å². The van der Waals surface area contributed by atoms with E-state index in [1.54, 1.807) is 0 Å². The quantitative estimate of drug-likeness (QED) is 0.861. The van der Waals surface area contributed by atoms with Crippen molar-refractivity contribution in [2.75, 3.05) is 6.61 Å². The lowest BCUT2D eigenvalue weighted by Gasteiger charge is -2.15. The van der Waals surface area contributed by atoms with Gasteiger partial charge in [0.05, 0.1) is 6.04 Å². The minimum absolute atomic E-state index is 0.199. The van der Waals surface area contributed by atoms with Gasteiger partial charge in [0.1, 0.15) is 12.4 Å². The number of nitrogens with zero attached hydrogens (tertiary/aromatic N) is 1. The van der Waals surface area contributed by atoms with Crippen molar-refractivity contribution in [2.24, 2.45) is 0 Å². The van der Waals surface area contributed by atoms with Gasteiger partial charge in [0.2, 0.25) is 5.95 Å². The summed E-state index contributed by atoms with van der Waals surface area (Å²) >= 11 is 0. The highest BCUT2D eigenvalue weighted by Crippen LogP contribution is 2.11. The molecule has 1 aromatic carbocycles. The highest BCUT2D eigenvalue weighted by atomic mass is 19.1. The highest BCUT2D eigenvalue weighted by molar-refractivity contribution is 5.94. The molecule has 21 heavy (non-hydrogen) atoms. The lowest BCUT2D eigenvalue weighted by Crippen LogP contribution is -2.36. The first-order valence-electron chi connectivity index (χ1n) is 6.66. The van der Waals surface area contributed by atoms with Crippen LogP contribution in [0.25, 0.3) is 0 Å². The molecular weight excluding hydrogens is 271 g/mol. The Morgan fingerprint density at radius 2 is 2.05 bits per heavy atom. The summed E-state index contributed by atoms with van der Waals surface area (Å²) in [6, 6.07) is 10.0. The van der Waals surface area contributed by atoms with E-state index in [0.717, 1.165) is 17.4 Å². The van der Waals surface area contributed by atoms with E-state index >= 15 is 0 Å². The van der Waals surface area contributed by atoms with Crippen molar-refractivity contribution < 1.29 is 13.9 Å². The Hall–Kier alpha value is -2.43. The number of nitrogens with one attached hydrogen (secondary N) is 1. The molecule has 1 heterocycles. The first-order chi connectivity index (χ1) is 10.0. The van der Waals surface area contributed by atoms with Gasteiger partial charge in [-0.15, -0.1) is 0 Å². The summed E-state index contributed by atoms with van der Waals surface area (Å²) in [6.45, 7) is 4.16. The molecule has 0 radical (unpaired) electrons. The number of carbonyl (C=O) groups is 1. The first-order valence-corrected chi connectivity index (χ1v) is 6.66. The van der Waals surface area contributed by atoms with Crippen molar-refractivity contribution in [1.29, 1.82) is 0 Å². The molecule has 2 aromatic rings. The molecule has 0 aliphatic heterocycles. The van der Waals surface area contributed by atoms with E-state index in [9.17, 15) is 9.18 Å². The molecule has 1 unspecified atom stereocenters. The molecule has 110 valence electrons. The Balaban J connectivity index is 1.85. The number of hydrogen-bond acceptors (Lipinski definition) is 3. The van der Waals surface area contributed by atoms with Crippen LogP contribution in [0.2, 0.25) is 0 Å². The summed E-state index contributed by atoms with van der Waals surface area (Å²) in [5.41, 5.74) is 1.40. The number of ether oxygens (including phenoxy) is 1. The Morgan fingerprint density at radius 3 is 2.71 bits per heavy atom. The third-order valence-corrected chi connectivity index (χ3v) is 2.89.